The fourth-order valence-electron chi connectivity index (χ4n) is 3.26. The quantitative estimate of drug-likeness (QED) is 0.929. The number of hydrogen-bond donors (Lipinski definition) is 1. The van der Waals surface area contributed by atoms with Gasteiger partial charge in [0.25, 0.3) is 0 Å². The van der Waals surface area contributed by atoms with Crippen LogP contribution in [0.2, 0.25) is 0 Å². The zero-order valence-corrected chi connectivity index (χ0v) is 12.0. The van der Waals surface area contributed by atoms with Gasteiger partial charge in [0.05, 0.1) is 0 Å². The summed E-state index contributed by atoms with van der Waals surface area (Å²) in [7, 11) is 0. The molecule has 0 radical (unpaired) electrons. The highest BCUT2D eigenvalue weighted by Crippen LogP contribution is 2.34. The van der Waals surface area contributed by atoms with E-state index in [9.17, 15) is 0 Å². The van der Waals surface area contributed by atoms with Gasteiger partial charge in [-0.25, -0.2) is 0 Å². The molecule has 106 valence electrons. The van der Waals surface area contributed by atoms with Gasteiger partial charge < -0.3 is 10.3 Å². The van der Waals surface area contributed by atoms with Crippen molar-refractivity contribution in [2.24, 2.45) is 5.73 Å². The Morgan fingerprint density at radius 1 is 1.20 bits per heavy atom. The van der Waals surface area contributed by atoms with E-state index in [1.807, 2.05) is 0 Å². The lowest BCUT2D eigenvalue weighted by Crippen LogP contribution is -2.10. The van der Waals surface area contributed by atoms with Crippen LogP contribution in [-0.4, -0.2) is 21.3 Å². The Labute approximate surface area is 120 Å². The third-order valence-electron chi connectivity index (χ3n) is 4.23. The molecule has 3 rings (SSSR count). The maximum absolute atomic E-state index is 5.73. The number of nitrogens with zero attached hydrogens (tertiary/aromatic N) is 3. The average Bonchev–Trinajstić information content (AvgIpc) is 3.09. The molecule has 1 heterocycles. The highest BCUT2D eigenvalue weighted by molar-refractivity contribution is 5.61. The highest BCUT2D eigenvalue weighted by atomic mass is 15.3. The van der Waals surface area contributed by atoms with Crippen LogP contribution in [-0.2, 0) is 6.42 Å². The Bertz CT molecular complexity index is 582. The van der Waals surface area contributed by atoms with Crippen molar-refractivity contribution in [1.29, 1.82) is 0 Å². The van der Waals surface area contributed by atoms with E-state index in [0.29, 0.717) is 12.6 Å². The van der Waals surface area contributed by atoms with Gasteiger partial charge >= 0.3 is 0 Å². The zero-order chi connectivity index (χ0) is 13.9. The molecule has 0 unspecified atom stereocenters. The van der Waals surface area contributed by atoms with E-state index in [-0.39, 0.29) is 0 Å². The van der Waals surface area contributed by atoms with Crippen LogP contribution in [0.25, 0.3) is 11.4 Å². The zero-order valence-electron chi connectivity index (χ0n) is 12.0. The highest BCUT2D eigenvalue weighted by Gasteiger charge is 2.23. The number of benzene rings is 1. The Hall–Kier alpha value is -1.68. The molecular weight excluding hydrogens is 248 g/mol. The van der Waals surface area contributed by atoms with Crippen LogP contribution in [0.1, 0.15) is 43.1 Å². The van der Waals surface area contributed by atoms with E-state index in [4.69, 9.17) is 5.73 Å². The van der Waals surface area contributed by atoms with E-state index in [0.717, 1.165) is 18.1 Å². The van der Waals surface area contributed by atoms with E-state index >= 15 is 0 Å². The minimum absolute atomic E-state index is 0.561. The summed E-state index contributed by atoms with van der Waals surface area (Å²) in [5, 5.41) is 8.77. The van der Waals surface area contributed by atoms with Crippen molar-refractivity contribution < 1.29 is 0 Å². The first kappa shape index (κ1) is 13.3. The molecule has 0 spiro atoms. The topological polar surface area (TPSA) is 56.7 Å². The van der Waals surface area contributed by atoms with E-state index in [2.05, 4.69) is 46.0 Å². The van der Waals surface area contributed by atoms with Crippen molar-refractivity contribution >= 4 is 0 Å². The predicted octanol–water partition coefficient (Wildman–Crippen LogP) is 2.87. The molecule has 1 fully saturated rings. The van der Waals surface area contributed by atoms with Crippen LogP contribution >= 0.6 is 0 Å². The number of aromatic nitrogens is 3. The van der Waals surface area contributed by atoms with Crippen molar-refractivity contribution in [3.8, 4) is 11.4 Å². The normalized spacial score (nSPS) is 15.9. The molecule has 20 heavy (non-hydrogen) atoms. The lowest BCUT2D eigenvalue weighted by atomic mass is 10.0. The molecule has 4 heteroatoms. The van der Waals surface area contributed by atoms with Gasteiger partial charge in [0, 0.05) is 11.6 Å². The van der Waals surface area contributed by atoms with E-state index < -0.39 is 0 Å². The second-order valence-electron chi connectivity index (χ2n) is 5.57. The van der Waals surface area contributed by atoms with Crippen LogP contribution in [0, 0.1) is 6.92 Å². The Balaban J connectivity index is 2.06. The molecule has 0 atom stereocenters. The Morgan fingerprint density at radius 3 is 2.70 bits per heavy atom. The molecule has 0 amide bonds. The van der Waals surface area contributed by atoms with Crippen LogP contribution in [0.3, 0.4) is 0 Å². The summed E-state index contributed by atoms with van der Waals surface area (Å²) in [4.78, 5) is 0. The summed E-state index contributed by atoms with van der Waals surface area (Å²) in [5.74, 6) is 2.04. The second-order valence-corrected chi connectivity index (χ2v) is 5.57. The summed E-state index contributed by atoms with van der Waals surface area (Å²) in [5.41, 5.74) is 8.18. The van der Waals surface area contributed by atoms with Crippen molar-refractivity contribution in [3.63, 3.8) is 0 Å². The first-order chi connectivity index (χ1) is 9.81. The smallest absolute Gasteiger partial charge is 0.164 e. The van der Waals surface area contributed by atoms with E-state index in [1.165, 1.54) is 36.8 Å². The molecule has 1 saturated carbocycles. The fraction of sp³-hybridized carbons (Fsp3) is 0.500. The summed E-state index contributed by atoms with van der Waals surface area (Å²) in [6.07, 6.45) is 5.99. The van der Waals surface area contributed by atoms with Gasteiger partial charge in [-0.2, -0.15) is 0 Å². The average molecular weight is 270 g/mol. The summed E-state index contributed by atoms with van der Waals surface area (Å²) in [6, 6.07) is 8.98. The number of rotatable bonds is 4. The third-order valence-corrected chi connectivity index (χ3v) is 4.23. The molecule has 2 N–H and O–H groups in total. The summed E-state index contributed by atoms with van der Waals surface area (Å²) in [6.45, 7) is 2.72. The van der Waals surface area contributed by atoms with Crippen LogP contribution in [0.5, 0.6) is 0 Å². The Morgan fingerprint density at radius 2 is 1.95 bits per heavy atom. The lowest BCUT2D eigenvalue weighted by molar-refractivity contribution is 0.510. The first-order valence-corrected chi connectivity index (χ1v) is 7.51. The molecule has 1 aromatic heterocycles. The largest absolute Gasteiger partial charge is 0.330 e. The number of aryl methyl sites for hydroxylation is 1. The molecule has 1 aliphatic carbocycles. The van der Waals surface area contributed by atoms with E-state index in [1.54, 1.807) is 0 Å². The molecule has 4 nitrogen and oxygen atoms in total. The van der Waals surface area contributed by atoms with Gasteiger partial charge in [0.15, 0.2) is 5.82 Å². The standard InChI is InChI=1S/C16H22N4/c1-12-18-19-16(20(12)14-7-3-4-8-14)15-9-5-2-6-13(15)10-11-17/h2,5-6,9,14H,3-4,7-8,10-11,17H2,1H3. The number of hydrogen-bond acceptors (Lipinski definition) is 3. The molecular formula is C16H22N4. The van der Waals surface area contributed by atoms with Gasteiger partial charge in [0.2, 0.25) is 0 Å². The van der Waals surface area contributed by atoms with Gasteiger partial charge in [0.1, 0.15) is 5.82 Å². The maximum atomic E-state index is 5.73. The van der Waals surface area contributed by atoms with Gasteiger partial charge in [-0.15, -0.1) is 10.2 Å². The SMILES string of the molecule is Cc1nnc(-c2ccccc2CCN)n1C1CCCC1. The summed E-state index contributed by atoms with van der Waals surface area (Å²) < 4.78 is 2.34. The van der Waals surface area contributed by atoms with Gasteiger partial charge in [-0.05, 0) is 38.3 Å². The fourth-order valence-corrected chi connectivity index (χ4v) is 3.26. The second kappa shape index (κ2) is 5.75. The lowest BCUT2D eigenvalue weighted by Gasteiger charge is -2.17. The van der Waals surface area contributed by atoms with Gasteiger partial charge in [-0.1, -0.05) is 37.1 Å². The van der Waals surface area contributed by atoms with Gasteiger partial charge in [-0.3, -0.25) is 0 Å². The molecule has 0 bridgehead atoms. The molecule has 2 aromatic rings. The Kier molecular flexibility index (Phi) is 3.83. The molecule has 1 aromatic carbocycles. The van der Waals surface area contributed by atoms with Crippen LogP contribution in [0.15, 0.2) is 24.3 Å². The van der Waals surface area contributed by atoms with Crippen LogP contribution < -0.4 is 5.73 Å². The van der Waals surface area contributed by atoms with Crippen molar-refractivity contribution in [2.45, 2.75) is 45.1 Å². The van der Waals surface area contributed by atoms with Crippen LogP contribution in [0.4, 0.5) is 0 Å². The third kappa shape index (κ3) is 2.36. The minimum atomic E-state index is 0.561. The van der Waals surface area contributed by atoms with Crippen molar-refractivity contribution in [2.75, 3.05) is 6.54 Å². The monoisotopic (exact) mass is 270 g/mol. The molecule has 1 aliphatic rings. The predicted molar refractivity (Wildman–Crippen MR) is 80.5 cm³/mol. The van der Waals surface area contributed by atoms with Crippen molar-refractivity contribution in [1.82, 2.24) is 14.8 Å². The first-order valence-electron chi connectivity index (χ1n) is 7.51. The molecule has 0 aliphatic heterocycles. The van der Waals surface area contributed by atoms with Crippen molar-refractivity contribution in [3.05, 3.63) is 35.7 Å². The maximum Gasteiger partial charge on any atom is 0.164 e. The number of nitrogens with two attached hydrogens (primary N) is 1. The minimum Gasteiger partial charge on any atom is -0.330 e. The summed E-state index contributed by atoms with van der Waals surface area (Å²) >= 11 is 0. The molecule has 0 saturated heterocycles.